The van der Waals surface area contributed by atoms with E-state index in [1.807, 2.05) is 0 Å². The van der Waals surface area contributed by atoms with E-state index in [0.717, 1.165) is 17.5 Å². The van der Waals surface area contributed by atoms with Crippen molar-refractivity contribution in [1.82, 2.24) is 4.98 Å². The van der Waals surface area contributed by atoms with Crippen molar-refractivity contribution >= 4 is 0 Å². The van der Waals surface area contributed by atoms with Crippen molar-refractivity contribution in [3.8, 4) is 0 Å². The van der Waals surface area contributed by atoms with Gasteiger partial charge in [-0.25, -0.2) is 0 Å². The lowest BCUT2D eigenvalue weighted by Crippen LogP contribution is -1.91. The van der Waals surface area contributed by atoms with Crippen LogP contribution in [0.5, 0.6) is 0 Å². The minimum absolute atomic E-state index is 0.753. The van der Waals surface area contributed by atoms with Gasteiger partial charge in [-0.15, -0.1) is 0 Å². The summed E-state index contributed by atoms with van der Waals surface area (Å²) in [5, 5.41) is 0. The van der Waals surface area contributed by atoms with Gasteiger partial charge in [-0.3, -0.25) is 4.98 Å². The fraction of sp³-hybridized carbons (Fsp3) is 0.545. The molecule has 1 heteroatoms. The van der Waals surface area contributed by atoms with Crippen LogP contribution in [-0.4, -0.2) is 4.98 Å². The van der Waals surface area contributed by atoms with Gasteiger partial charge in [-0.05, 0) is 43.9 Å². The standard InChI is InChI=1S/C11H15N/c1-7-4-9(3)12-11(5-7)10-6-8(10)2/h4-5,8,10H,6H2,1-3H3. The van der Waals surface area contributed by atoms with Crippen molar-refractivity contribution in [2.75, 3.05) is 0 Å². The van der Waals surface area contributed by atoms with Gasteiger partial charge in [-0.1, -0.05) is 6.92 Å². The summed E-state index contributed by atoms with van der Waals surface area (Å²) in [5.41, 5.74) is 3.81. The Labute approximate surface area is 73.8 Å². The maximum absolute atomic E-state index is 4.55. The summed E-state index contributed by atoms with van der Waals surface area (Å²) in [7, 11) is 0. The van der Waals surface area contributed by atoms with E-state index in [1.165, 1.54) is 17.7 Å². The lowest BCUT2D eigenvalue weighted by Gasteiger charge is -2.01. The smallest absolute Gasteiger partial charge is 0.0443 e. The second-order valence-corrected chi connectivity index (χ2v) is 4.03. The van der Waals surface area contributed by atoms with E-state index in [1.54, 1.807) is 0 Å². The molecule has 12 heavy (non-hydrogen) atoms. The fourth-order valence-corrected chi connectivity index (χ4v) is 1.80. The molecule has 1 aliphatic carbocycles. The average molecular weight is 161 g/mol. The van der Waals surface area contributed by atoms with E-state index in [2.05, 4.69) is 37.9 Å². The molecule has 0 aromatic carbocycles. The molecule has 2 unspecified atom stereocenters. The van der Waals surface area contributed by atoms with Gasteiger partial charge in [0.05, 0.1) is 0 Å². The molecule has 1 heterocycles. The summed E-state index contributed by atoms with van der Waals surface area (Å²) < 4.78 is 0. The number of hydrogen-bond donors (Lipinski definition) is 0. The van der Waals surface area contributed by atoms with Crippen molar-refractivity contribution in [2.45, 2.75) is 33.1 Å². The number of rotatable bonds is 1. The van der Waals surface area contributed by atoms with Crippen LogP contribution in [-0.2, 0) is 0 Å². The first-order valence-corrected chi connectivity index (χ1v) is 4.62. The summed E-state index contributed by atoms with van der Waals surface area (Å²) in [6, 6.07) is 4.36. The van der Waals surface area contributed by atoms with E-state index in [4.69, 9.17) is 0 Å². The number of hydrogen-bond acceptors (Lipinski definition) is 1. The van der Waals surface area contributed by atoms with E-state index < -0.39 is 0 Å². The molecule has 0 spiro atoms. The Balaban J connectivity index is 2.32. The molecule has 1 fully saturated rings. The molecule has 1 nitrogen and oxygen atoms in total. The third-order valence-electron chi connectivity index (χ3n) is 2.61. The lowest BCUT2D eigenvalue weighted by atomic mass is 10.1. The van der Waals surface area contributed by atoms with Crippen LogP contribution in [0.15, 0.2) is 12.1 Å². The second-order valence-electron chi connectivity index (χ2n) is 4.03. The van der Waals surface area contributed by atoms with E-state index >= 15 is 0 Å². The first-order valence-electron chi connectivity index (χ1n) is 4.62. The van der Waals surface area contributed by atoms with Gasteiger partial charge in [0.1, 0.15) is 0 Å². The summed E-state index contributed by atoms with van der Waals surface area (Å²) in [5.74, 6) is 1.61. The van der Waals surface area contributed by atoms with Crippen LogP contribution in [0.2, 0.25) is 0 Å². The van der Waals surface area contributed by atoms with Crippen LogP contribution >= 0.6 is 0 Å². The molecule has 0 bridgehead atoms. The highest BCUT2D eigenvalue weighted by Crippen LogP contribution is 2.46. The van der Waals surface area contributed by atoms with Crippen molar-refractivity contribution in [3.63, 3.8) is 0 Å². The SMILES string of the molecule is Cc1cc(C)nc(C2CC2C)c1. The molecule has 0 saturated heterocycles. The lowest BCUT2D eigenvalue weighted by molar-refractivity contribution is 0.876. The zero-order valence-electron chi connectivity index (χ0n) is 7.96. The summed E-state index contributed by atoms with van der Waals surface area (Å²) in [4.78, 5) is 4.55. The van der Waals surface area contributed by atoms with Gasteiger partial charge in [-0.2, -0.15) is 0 Å². The topological polar surface area (TPSA) is 12.9 Å². The Bertz CT molecular complexity index is 284. The Morgan fingerprint density at radius 2 is 2.00 bits per heavy atom. The summed E-state index contributed by atoms with van der Waals surface area (Å²) >= 11 is 0. The maximum atomic E-state index is 4.55. The molecule has 1 aromatic rings. The van der Waals surface area contributed by atoms with Gasteiger partial charge in [0.15, 0.2) is 0 Å². The van der Waals surface area contributed by atoms with Crippen LogP contribution in [0.25, 0.3) is 0 Å². The van der Waals surface area contributed by atoms with Crippen molar-refractivity contribution in [2.24, 2.45) is 5.92 Å². The van der Waals surface area contributed by atoms with Crippen molar-refractivity contribution in [1.29, 1.82) is 0 Å². The predicted octanol–water partition coefficient (Wildman–Crippen LogP) is 2.82. The van der Waals surface area contributed by atoms with Crippen molar-refractivity contribution < 1.29 is 0 Å². The van der Waals surface area contributed by atoms with Gasteiger partial charge < -0.3 is 0 Å². The van der Waals surface area contributed by atoms with Gasteiger partial charge in [0.2, 0.25) is 0 Å². The van der Waals surface area contributed by atoms with Crippen LogP contribution in [0, 0.1) is 19.8 Å². The van der Waals surface area contributed by atoms with Crippen molar-refractivity contribution in [3.05, 3.63) is 29.1 Å². The fourth-order valence-electron chi connectivity index (χ4n) is 1.80. The Kier molecular flexibility index (Phi) is 1.67. The summed E-state index contributed by atoms with van der Waals surface area (Å²) in [6.07, 6.45) is 1.33. The van der Waals surface area contributed by atoms with Crippen LogP contribution in [0.3, 0.4) is 0 Å². The zero-order chi connectivity index (χ0) is 8.72. The maximum Gasteiger partial charge on any atom is 0.0443 e. The second kappa shape index (κ2) is 2.58. The third kappa shape index (κ3) is 1.36. The number of pyridine rings is 1. The van der Waals surface area contributed by atoms with Crippen LogP contribution in [0.1, 0.15) is 36.2 Å². The largest absolute Gasteiger partial charge is 0.258 e. The third-order valence-corrected chi connectivity index (χ3v) is 2.61. The monoisotopic (exact) mass is 161 g/mol. The molecule has 64 valence electrons. The van der Waals surface area contributed by atoms with Crippen LogP contribution in [0.4, 0.5) is 0 Å². The Morgan fingerprint density at radius 1 is 1.33 bits per heavy atom. The average Bonchev–Trinajstić information content (AvgIpc) is 2.64. The highest BCUT2D eigenvalue weighted by atomic mass is 14.7. The minimum atomic E-state index is 0.753. The summed E-state index contributed by atoms with van der Waals surface area (Å²) in [6.45, 7) is 6.51. The first-order chi connectivity index (χ1) is 5.66. The van der Waals surface area contributed by atoms with Crippen LogP contribution < -0.4 is 0 Å². The molecule has 2 atom stereocenters. The predicted molar refractivity (Wildman–Crippen MR) is 50.2 cm³/mol. The van der Waals surface area contributed by atoms with Gasteiger partial charge in [0.25, 0.3) is 0 Å². The molecular weight excluding hydrogens is 146 g/mol. The molecule has 0 N–H and O–H groups in total. The molecular formula is C11H15N. The molecule has 0 aliphatic heterocycles. The Morgan fingerprint density at radius 3 is 2.50 bits per heavy atom. The molecule has 1 saturated carbocycles. The Hall–Kier alpha value is -0.850. The van der Waals surface area contributed by atoms with E-state index in [0.29, 0.717) is 0 Å². The molecule has 1 aromatic heterocycles. The van der Waals surface area contributed by atoms with E-state index in [9.17, 15) is 0 Å². The quantitative estimate of drug-likeness (QED) is 0.617. The normalized spacial score (nSPS) is 27.2. The molecule has 0 amide bonds. The van der Waals surface area contributed by atoms with E-state index in [-0.39, 0.29) is 0 Å². The minimum Gasteiger partial charge on any atom is -0.258 e. The molecule has 1 aliphatic rings. The highest BCUT2D eigenvalue weighted by Gasteiger charge is 2.35. The number of aryl methyl sites for hydroxylation is 2. The molecule has 2 rings (SSSR count). The van der Waals surface area contributed by atoms with Gasteiger partial charge >= 0.3 is 0 Å². The number of nitrogens with zero attached hydrogens (tertiary/aromatic N) is 1. The van der Waals surface area contributed by atoms with Gasteiger partial charge in [0, 0.05) is 17.3 Å². The number of aromatic nitrogens is 1. The zero-order valence-corrected chi connectivity index (χ0v) is 7.96. The first kappa shape index (κ1) is 7.78. The highest BCUT2D eigenvalue weighted by molar-refractivity contribution is 5.25. The molecule has 0 radical (unpaired) electrons.